The molecule has 0 aliphatic heterocycles. The summed E-state index contributed by atoms with van der Waals surface area (Å²) in [6.07, 6.45) is -4.82. The first-order chi connectivity index (χ1) is 9.27. The van der Waals surface area contributed by atoms with Crippen molar-refractivity contribution >= 4 is 16.5 Å². The fourth-order valence-electron chi connectivity index (χ4n) is 1.53. The van der Waals surface area contributed by atoms with Gasteiger partial charge in [0.2, 0.25) is 0 Å². The van der Waals surface area contributed by atoms with Crippen LogP contribution in [0.15, 0.2) is 23.6 Å². The molecule has 3 nitrogen and oxygen atoms in total. The largest absolute Gasteiger partial charge is 0.434 e. The zero-order valence-corrected chi connectivity index (χ0v) is 10.4. The molecule has 108 valence electrons. The average Bonchev–Trinajstić information content (AvgIpc) is 2.74. The second-order valence-electron chi connectivity index (χ2n) is 3.66. The lowest BCUT2D eigenvalue weighted by molar-refractivity contribution is -0.141. The molecule has 20 heavy (non-hydrogen) atoms. The van der Waals surface area contributed by atoms with Crippen LogP contribution in [0.5, 0.6) is 5.75 Å². The Balaban J connectivity index is 2.48. The van der Waals surface area contributed by atoms with Crippen molar-refractivity contribution in [3.8, 4) is 17.0 Å². The topological polar surface area (TPSA) is 48.1 Å². The maximum absolute atomic E-state index is 12.8. The molecular weight excluding hydrogens is 303 g/mol. The van der Waals surface area contributed by atoms with E-state index in [9.17, 15) is 22.0 Å². The number of alkyl halides is 5. The van der Waals surface area contributed by atoms with E-state index in [1.807, 2.05) is 0 Å². The van der Waals surface area contributed by atoms with Gasteiger partial charge in [-0.3, -0.25) is 0 Å². The van der Waals surface area contributed by atoms with E-state index in [1.165, 1.54) is 11.4 Å². The van der Waals surface area contributed by atoms with Crippen LogP contribution in [0.3, 0.4) is 0 Å². The Morgan fingerprint density at radius 2 is 1.95 bits per heavy atom. The van der Waals surface area contributed by atoms with Crippen molar-refractivity contribution in [3.63, 3.8) is 0 Å². The van der Waals surface area contributed by atoms with Crippen molar-refractivity contribution < 1.29 is 26.7 Å². The van der Waals surface area contributed by atoms with Crippen molar-refractivity contribution in [2.24, 2.45) is 0 Å². The summed E-state index contributed by atoms with van der Waals surface area (Å²) < 4.78 is 66.6. The number of ether oxygens (including phenoxy) is 1. The molecular formula is C11H7F5N2OS. The molecule has 0 saturated carbocycles. The van der Waals surface area contributed by atoms with Crippen LogP contribution in [0, 0.1) is 0 Å². The second-order valence-corrected chi connectivity index (χ2v) is 4.55. The molecule has 0 saturated heterocycles. The van der Waals surface area contributed by atoms with Gasteiger partial charge in [-0.2, -0.15) is 22.0 Å². The Kier molecular flexibility index (Phi) is 3.80. The van der Waals surface area contributed by atoms with Crippen LogP contribution in [0.4, 0.5) is 27.1 Å². The van der Waals surface area contributed by atoms with Gasteiger partial charge in [0.25, 0.3) is 0 Å². The molecule has 1 aromatic carbocycles. The lowest BCUT2D eigenvalue weighted by Gasteiger charge is -2.14. The summed E-state index contributed by atoms with van der Waals surface area (Å²) in [5.74, 6) is -0.931. The summed E-state index contributed by atoms with van der Waals surface area (Å²) in [5.41, 5.74) is 4.46. The normalized spacial score (nSPS) is 11.9. The Bertz CT molecular complexity index is 611. The molecule has 0 spiro atoms. The average molecular weight is 310 g/mol. The number of anilines is 1. The lowest BCUT2D eigenvalue weighted by atomic mass is 10.1. The van der Waals surface area contributed by atoms with E-state index in [2.05, 4.69) is 9.72 Å². The molecule has 0 unspecified atom stereocenters. The third-order valence-electron chi connectivity index (χ3n) is 2.32. The van der Waals surface area contributed by atoms with E-state index in [1.54, 1.807) is 0 Å². The van der Waals surface area contributed by atoms with Crippen molar-refractivity contribution in [1.29, 1.82) is 0 Å². The van der Waals surface area contributed by atoms with Gasteiger partial charge in [-0.1, -0.05) is 0 Å². The van der Waals surface area contributed by atoms with E-state index >= 15 is 0 Å². The van der Waals surface area contributed by atoms with Crippen molar-refractivity contribution in [2.45, 2.75) is 12.8 Å². The van der Waals surface area contributed by atoms with Crippen LogP contribution < -0.4 is 10.5 Å². The third-order valence-corrected chi connectivity index (χ3v) is 2.99. The van der Waals surface area contributed by atoms with Crippen molar-refractivity contribution in [3.05, 3.63) is 29.1 Å². The van der Waals surface area contributed by atoms with Gasteiger partial charge >= 0.3 is 12.8 Å². The zero-order valence-electron chi connectivity index (χ0n) is 9.62. The van der Waals surface area contributed by atoms with Crippen LogP contribution in [0.1, 0.15) is 5.56 Å². The summed E-state index contributed by atoms with van der Waals surface area (Å²) in [4.78, 5) is 3.83. The number of hydrogen-bond acceptors (Lipinski definition) is 4. The summed E-state index contributed by atoms with van der Waals surface area (Å²) in [6, 6.07) is 2.74. The number of aromatic nitrogens is 1. The number of nitrogens with two attached hydrogens (primary N) is 1. The SMILES string of the molecule is Nc1nc(-c2ccc(OC(F)F)c(C(F)(F)F)c2)cs1. The molecule has 0 aliphatic rings. The monoisotopic (exact) mass is 310 g/mol. The van der Waals surface area contributed by atoms with Gasteiger partial charge in [-0.25, -0.2) is 4.98 Å². The fourth-order valence-corrected chi connectivity index (χ4v) is 2.10. The summed E-state index contributed by atoms with van der Waals surface area (Å²) in [7, 11) is 0. The van der Waals surface area contributed by atoms with Gasteiger partial charge in [0, 0.05) is 10.9 Å². The highest BCUT2D eigenvalue weighted by Crippen LogP contribution is 2.39. The predicted octanol–water partition coefficient (Wildman–Crippen LogP) is 4.01. The Hall–Kier alpha value is -1.90. The predicted molar refractivity (Wildman–Crippen MR) is 63.6 cm³/mol. The van der Waals surface area contributed by atoms with Crippen LogP contribution >= 0.6 is 11.3 Å². The molecule has 1 aromatic heterocycles. The Morgan fingerprint density at radius 3 is 2.45 bits per heavy atom. The van der Waals surface area contributed by atoms with Crippen molar-refractivity contribution in [1.82, 2.24) is 4.98 Å². The molecule has 0 bridgehead atoms. The minimum atomic E-state index is -4.82. The third kappa shape index (κ3) is 3.16. The second kappa shape index (κ2) is 5.23. The van der Waals surface area contributed by atoms with Crippen molar-refractivity contribution in [2.75, 3.05) is 5.73 Å². The van der Waals surface area contributed by atoms with E-state index in [0.29, 0.717) is 6.07 Å². The lowest BCUT2D eigenvalue weighted by Crippen LogP contribution is -2.11. The van der Waals surface area contributed by atoms with E-state index < -0.39 is 24.1 Å². The van der Waals surface area contributed by atoms with Gasteiger partial charge in [0.1, 0.15) is 5.75 Å². The van der Waals surface area contributed by atoms with Crippen LogP contribution in [0.25, 0.3) is 11.3 Å². The van der Waals surface area contributed by atoms with E-state index in [-0.39, 0.29) is 16.4 Å². The van der Waals surface area contributed by atoms with Crippen LogP contribution in [-0.2, 0) is 6.18 Å². The molecule has 0 atom stereocenters. The Labute approximate surface area is 113 Å². The molecule has 2 aromatic rings. The highest BCUT2D eigenvalue weighted by atomic mass is 32.1. The smallest absolute Gasteiger partial charge is 0.419 e. The molecule has 0 amide bonds. The number of nitrogens with zero attached hydrogens (tertiary/aromatic N) is 1. The molecule has 2 rings (SSSR count). The quantitative estimate of drug-likeness (QED) is 0.871. The maximum atomic E-state index is 12.8. The standard InChI is InChI=1S/C11H7F5N2OS/c12-9(13)19-8-2-1-5(3-6(8)11(14,15)16)7-4-20-10(17)18-7/h1-4,9H,(H2,17,18). The molecule has 2 N–H and O–H groups in total. The van der Waals surface area contributed by atoms with Gasteiger partial charge < -0.3 is 10.5 Å². The highest BCUT2D eigenvalue weighted by Gasteiger charge is 2.35. The van der Waals surface area contributed by atoms with E-state index in [4.69, 9.17) is 5.73 Å². The number of nitrogen functional groups attached to an aromatic ring is 1. The van der Waals surface area contributed by atoms with E-state index in [0.717, 1.165) is 17.4 Å². The first-order valence-corrected chi connectivity index (χ1v) is 6.03. The number of benzene rings is 1. The minimum Gasteiger partial charge on any atom is -0.434 e. The molecule has 0 radical (unpaired) electrons. The number of hydrogen-bond donors (Lipinski definition) is 1. The zero-order chi connectivity index (χ0) is 14.9. The first kappa shape index (κ1) is 14.5. The van der Waals surface area contributed by atoms with Gasteiger partial charge in [0.05, 0.1) is 11.3 Å². The molecule has 1 heterocycles. The highest BCUT2D eigenvalue weighted by molar-refractivity contribution is 7.13. The van der Waals surface area contributed by atoms with Gasteiger partial charge in [0.15, 0.2) is 5.13 Å². The summed E-state index contributed by atoms with van der Waals surface area (Å²) >= 11 is 1.06. The first-order valence-electron chi connectivity index (χ1n) is 5.15. The van der Waals surface area contributed by atoms with Crippen LogP contribution in [-0.4, -0.2) is 11.6 Å². The number of rotatable bonds is 3. The number of halogens is 5. The van der Waals surface area contributed by atoms with Gasteiger partial charge in [-0.05, 0) is 18.2 Å². The summed E-state index contributed by atoms with van der Waals surface area (Å²) in [6.45, 7) is -3.34. The Morgan fingerprint density at radius 1 is 1.25 bits per heavy atom. The molecule has 0 aliphatic carbocycles. The summed E-state index contributed by atoms with van der Waals surface area (Å²) in [5, 5.41) is 1.67. The van der Waals surface area contributed by atoms with Crippen LogP contribution in [0.2, 0.25) is 0 Å². The molecule has 9 heteroatoms. The molecule has 0 fully saturated rings. The number of thiazole rings is 1. The fraction of sp³-hybridized carbons (Fsp3) is 0.182. The van der Waals surface area contributed by atoms with Gasteiger partial charge in [-0.15, -0.1) is 11.3 Å². The maximum Gasteiger partial charge on any atom is 0.419 e. The minimum absolute atomic E-state index is 0.117.